The minimum atomic E-state index is -0.255. The Morgan fingerprint density at radius 3 is 2.33 bits per heavy atom. The van der Waals surface area contributed by atoms with Gasteiger partial charge in [-0.05, 0) is 46.9 Å². The van der Waals surface area contributed by atoms with Crippen molar-refractivity contribution in [1.82, 2.24) is 5.01 Å². The normalized spacial score (nSPS) is 35.9. The van der Waals surface area contributed by atoms with Gasteiger partial charge in [0.25, 0.3) is 11.8 Å². The van der Waals surface area contributed by atoms with E-state index in [1.165, 1.54) is 6.21 Å². The Morgan fingerprint density at radius 1 is 0.963 bits per heavy atom. The fourth-order valence-electron chi connectivity index (χ4n) is 5.59. The first-order chi connectivity index (χ1) is 13.1. The lowest BCUT2D eigenvalue weighted by Crippen LogP contribution is -2.40. The number of imide groups is 1. The minimum Gasteiger partial charge on any atom is -0.507 e. The Hall–Kier alpha value is -2.95. The van der Waals surface area contributed by atoms with Gasteiger partial charge in [-0.1, -0.05) is 42.5 Å². The van der Waals surface area contributed by atoms with Crippen molar-refractivity contribution in [2.45, 2.75) is 6.42 Å². The smallest absolute Gasteiger partial charge is 0.254 e. The zero-order valence-electron chi connectivity index (χ0n) is 14.5. The van der Waals surface area contributed by atoms with E-state index in [4.69, 9.17) is 0 Å². The van der Waals surface area contributed by atoms with Crippen molar-refractivity contribution in [2.75, 3.05) is 0 Å². The summed E-state index contributed by atoms with van der Waals surface area (Å²) in [5.74, 6) is 0.714. The van der Waals surface area contributed by atoms with E-state index in [-0.39, 0.29) is 41.2 Å². The fourth-order valence-corrected chi connectivity index (χ4v) is 5.59. The lowest BCUT2D eigenvalue weighted by molar-refractivity contribution is -0.140. The summed E-state index contributed by atoms with van der Waals surface area (Å²) in [5, 5.41) is 17.4. The first-order valence-corrected chi connectivity index (χ1v) is 9.46. The molecule has 2 bridgehead atoms. The molecule has 2 amide bonds. The Morgan fingerprint density at radius 2 is 1.63 bits per heavy atom. The molecule has 7 rings (SSSR count). The molecule has 3 fully saturated rings. The molecular formula is C22H18N2O3. The predicted octanol–water partition coefficient (Wildman–Crippen LogP) is 2.93. The fraction of sp³-hybridized carbons (Fsp3) is 0.318. The van der Waals surface area contributed by atoms with E-state index in [0.717, 1.165) is 22.2 Å². The maximum Gasteiger partial charge on any atom is 0.254 e. The van der Waals surface area contributed by atoms with Crippen LogP contribution in [0.15, 0.2) is 53.7 Å². The van der Waals surface area contributed by atoms with Gasteiger partial charge in [0, 0.05) is 5.56 Å². The van der Waals surface area contributed by atoms with Crippen LogP contribution in [0.1, 0.15) is 12.0 Å². The van der Waals surface area contributed by atoms with Gasteiger partial charge >= 0.3 is 0 Å². The van der Waals surface area contributed by atoms with Crippen LogP contribution in [0.5, 0.6) is 5.75 Å². The highest BCUT2D eigenvalue weighted by Crippen LogP contribution is 2.65. The highest BCUT2D eigenvalue weighted by atomic mass is 16.3. The van der Waals surface area contributed by atoms with Gasteiger partial charge in [-0.2, -0.15) is 10.1 Å². The van der Waals surface area contributed by atoms with Crippen LogP contribution in [0.3, 0.4) is 0 Å². The van der Waals surface area contributed by atoms with Gasteiger partial charge in [-0.25, -0.2) is 0 Å². The Bertz CT molecular complexity index is 1040. The number of carbonyl (C=O) groups is 2. The zero-order valence-corrected chi connectivity index (χ0v) is 14.5. The number of allylic oxidation sites excluding steroid dienone is 2. The van der Waals surface area contributed by atoms with Crippen molar-refractivity contribution in [1.29, 1.82) is 0 Å². The van der Waals surface area contributed by atoms with Crippen LogP contribution < -0.4 is 0 Å². The van der Waals surface area contributed by atoms with Crippen molar-refractivity contribution in [2.24, 2.45) is 40.6 Å². The molecule has 1 N–H and O–H groups in total. The zero-order chi connectivity index (χ0) is 18.3. The van der Waals surface area contributed by atoms with Gasteiger partial charge in [0.15, 0.2) is 0 Å². The van der Waals surface area contributed by atoms with E-state index in [9.17, 15) is 14.7 Å². The second kappa shape index (κ2) is 5.06. The van der Waals surface area contributed by atoms with Crippen molar-refractivity contribution in [3.8, 4) is 5.75 Å². The Labute approximate surface area is 156 Å². The lowest BCUT2D eigenvalue weighted by atomic mass is 9.63. The molecule has 0 spiro atoms. The van der Waals surface area contributed by atoms with E-state index in [1.807, 2.05) is 30.3 Å². The van der Waals surface area contributed by atoms with E-state index in [0.29, 0.717) is 17.4 Å². The summed E-state index contributed by atoms with van der Waals surface area (Å²) in [6.07, 6.45) is 6.88. The summed E-state index contributed by atoms with van der Waals surface area (Å²) in [4.78, 5) is 25.9. The van der Waals surface area contributed by atoms with Crippen molar-refractivity contribution >= 4 is 28.8 Å². The van der Waals surface area contributed by atoms with Crippen LogP contribution in [-0.4, -0.2) is 28.1 Å². The SMILES string of the molecule is O=C1[C@@H]2[C@H]3C=C[C@@H]([C@@H]4C[C@@H]34)[C@H]2C(=O)N1/N=C\c1c(O)ccc2ccccc12. The summed E-state index contributed by atoms with van der Waals surface area (Å²) in [5.41, 5.74) is 0.521. The topological polar surface area (TPSA) is 70.0 Å². The van der Waals surface area contributed by atoms with Gasteiger partial charge in [0.2, 0.25) is 0 Å². The number of hydrogen-bond donors (Lipinski definition) is 1. The number of rotatable bonds is 2. The second-order valence-corrected chi connectivity index (χ2v) is 8.11. The number of hydrazone groups is 1. The summed E-state index contributed by atoms with van der Waals surface area (Å²) in [6.45, 7) is 0. The number of phenolic OH excluding ortho intramolecular Hbond substituents is 1. The molecule has 1 heterocycles. The average molecular weight is 358 g/mol. The van der Waals surface area contributed by atoms with E-state index < -0.39 is 0 Å². The number of phenols is 1. The van der Waals surface area contributed by atoms with Gasteiger partial charge in [0.1, 0.15) is 5.75 Å². The van der Waals surface area contributed by atoms with Gasteiger partial charge in [-0.15, -0.1) is 0 Å². The first-order valence-electron chi connectivity index (χ1n) is 9.46. The molecule has 1 aliphatic heterocycles. The molecule has 6 atom stereocenters. The van der Waals surface area contributed by atoms with Crippen LogP contribution in [0.25, 0.3) is 10.8 Å². The van der Waals surface area contributed by atoms with Gasteiger partial charge in [0.05, 0.1) is 18.1 Å². The maximum atomic E-state index is 13.0. The number of aromatic hydroxyl groups is 1. The quantitative estimate of drug-likeness (QED) is 0.510. The molecule has 5 heteroatoms. The molecule has 5 aliphatic rings. The standard InChI is InChI=1S/C22H18N2O3/c25-18-8-5-11-3-1-2-4-12(11)17(18)10-23-24-21(26)19-13-6-7-14(16-9-15(13)16)20(19)22(24)27/h1-8,10,13-16,19-20,25H,9H2/b23-10-/t13-,14-,15-,16-,19+,20+/m0/s1. The molecule has 2 aromatic rings. The molecule has 5 nitrogen and oxygen atoms in total. The molecule has 2 aromatic carbocycles. The highest BCUT2D eigenvalue weighted by molar-refractivity contribution is 6.08. The molecule has 134 valence electrons. The number of fused-ring (bicyclic) bond motifs is 1. The molecule has 4 aliphatic carbocycles. The number of benzene rings is 2. The summed E-state index contributed by atoms with van der Waals surface area (Å²) >= 11 is 0. The summed E-state index contributed by atoms with van der Waals surface area (Å²) < 4.78 is 0. The van der Waals surface area contributed by atoms with Crippen LogP contribution in [0.4, 0.5) is 0 Å². The average Bonchev–Trinajstić information content (AvgIpc) is 3.47. The first kappa shape index (κ1) is 15.1. The highest BCUT2D eigenvalue weighted by Gasteiger charge is 2.67. The van der Waals surface area contributed by atoms with Crippen molar-refractivity contribution in [3.05, 3.63) is 54.1 Å². The Balaban J connectivity index is 1.38. The molecule has 2 saturated carbocycles. The molecule has 1 saturated heterocycles. The third-order valence-electron chi connectivity index (χ3n) is 6.89. The van der Waals surface area contributed by atoms with Crippen LogP contribution in [0.2, 0.25) is 0 Å². The predicted molar refractivity (Wildman–Crippen MR) is 99.8 cm³/mol. The molecule has 0 aromatic heterocycles. The van der Waals surface area contributed by atoms with Gasteiger partial charge < -0.3 is 5.11 Å². The number of amides is 2. The van der Waals surface area contributed by atoms with E-state index >= 15 is 0 Å². The molecule has 0 unspecified atom stereocenters. The molecule has 27 heavy (non-hydrogen) atoms. The van der Waals surface area contributed by atoms with Crippen LogP contribution in [0, 0.1) is 35.5 Å². The van der Waals surface area contributed by atoms with Crippen LogP contribution >= 0.6 is 0 Å². The number of nitrogens with zero attached hydrogens (tertiary/aromatic N) is 2. The Kier molecular flexibility index (Phi) is 2.84. The van der Waals surface area contributed by atoms with Crippen molar-refractivity contribution in [3.63, 3.8) is 0 Å². The van der Waals surface area contributed by atoms with E-state index in [1.54, 1.807) is 6.07 Å². The number of hydrogen-bond acceptors (Lipinski definition) is 4. The largest absolute Gasteiger partial charge is 0.507 e. The maximum absolute atomic E-state index is 13.0. The van der Waals surface area contributed by atoms with E-state index in [2.05, 4.69) is 17.3 Å². The summed E-state index contributed by atoms with van der Waals surface area (Å²) in [6, 6.07) is 11.1. The van der Waals surface area contributed by atoms with Crippen molar-refractivity contribution < 1.29 is 14.7 Å². The third kappa shape index (κ3) is 1.91. The molecule has 0 radical (unpaired) electrons. The monoisotopic (exact) mass is 358 g/mol. The summed E-state index contributed by atoms with van der Waals surface area (Å²) in [7, 11) is 0. The van der Waals surface area contributed by atoms with Crippen LogP contribution in [-0.2, 0) is 9.59 Å². The number of carbonyl (C=O) groups excluding carboxylic acids is 2. The minimum absolute atomic E-state index is 0.0805. The lowest BCUT2D eigenvalue weighted by Gasteiger charge is -2.37. The molecular weight excluding hydrogens is 340 g/mol. The third-order valence-corrected chi connectivity index (χ3v) is 6.89. The van der Waals surface area contributed by atoms with Gasteiger partial charge in [-0.3, -0.25) is 9.59 Å². The second-order valence-electron chi connectivity index (χ2n) is 8.11.